The van der Waals surface area contributed by atoms with Gasteiger partial charge in [0.05, 0.1) is 6.04 Å². The van der Waals surface area contributed by atoms with Gasteiger partial charge in [-0.3, -0.25) is 9.59 Å². The number of amidine groups is 1. The van der Waals surface area contributed by atoms with Gasteiger partial charge in [-0.1, -0.05) is 59.8 Å². The van der Waals surface area contributed by atoms with Gasteiger partial charge in [0.25, 0.3) is 0 Å². The lowest BCUT2D eigenvalue weighted by Crippen LogP contribution is -2.50. The summed E-state index contributed by atoms with van der Waals surface area (Å²) >= 11 is 0. The molecular formula is C21H27N5O3. The van der Waals surface area contributed by atoms with E-state index in [1.807, 2.05) is 30.3 Å². The summed E-state index contributed by atoms with van der Waals surface area (Å²) in [6.45, 7) is 1.90. The zero-order valence-electron chi connectivity index (χ0n) is 16.3. The number of hydrogen-bond acceptors (Lipinski definition) is 5. The first-order chi connectivity index (χ1) is 13.9. The van der Waals surface area contributed by atoms with Gasteiger partial charge in [0.2, 0.25) is 11.8 Å². The van der Waals surface area contributed by atoms with Crippen LogP contribution < -0.4 is 22.1 Å². The third-order valence-corrected chi connectivity index (χ3v) is 4.50. The first-order valence-corrected chi connectivity index (χ1v) is 9.35. The third kappa shape index (κ3) is 6.93. The third-order valence-electron chi connectivity index (χ3n) is 4.50. The second-order valence-electron chi connectivity index (χ2n) is 6.76. The smallest absolute Gasteiger partial charge is 0.242 e. The molecule has 0 saturated carbocycles. The molecule has 0 aliphatic rings. The molecule has 0 heterocycles. The van der Waals surface area contributed by atoms with Crippen LogP contribution in [0.2, 0.25) is 0 Å². The van der Waals surface area contributed by atoms with Gasteiger partial charge in [-0.15, -0.1) is 0 Å². The Labute approximate surface area is 170 Å². The molecule has 0 fully saturated rings. The van der Waals surface area contributed by atoms with Crippen LogP contribution in [0.1, 0.15) is 30.0 Å². The second-order valence-corrected chi connectivity index (χ2v) is 6.76. The molecular weight excluding hydrogens is 370 g/mol. The average Bonchev–Trinajstić information content (AvgIpc) is 2.76. The number of amides is 2. The monoisotopic (exact) mass is 397 g/mol. The molecule has 2 amide bonds. The Morgan fingerprint density at radius 3 is 2.31 bits per heavy atom. The molecule has 2 aromatic rings. The number of nitrogens with one attached hydrogen (secondary N) is 2. The molecule has 0 radical (unpaired) electrons. The summed E-state index contributed by atoms with van der Waals surface area (Å²) in [7, 11) is 0. The maximum Gasteiger partial charge on any atom is 0.242 e. The van der Waals surface area contributed by atoms with Crippen LogP contribution in [0.4, 0.5) is 0 Å². The summed E-state index contributed by atoms with van der Waals surface area (Å²) in [5.74, 6) is -0.652. The summed E-state index contributed by atoms with van der Waals surface area (Å²) in [4.78, 5) is 24.5. The number of oxime groups is 1. The van der Waals surface area contributed by atoms with Crippen molar-refractivity contribution in [2.45, 2.75) is 38.4 Å². The standard InChI is InChI=1S/C21H27N5O3/c1-14(25-21(28)18(22)12-9-15-5-3-2-4-6-15)20(27)24-13-16-7-10-17(11-8-16)19(23)26-29/h2-8,10-11,14,18,29H,9,12-13,22H2,1H3,(H2,23,26)(H,24,27)(H,25,28). The van der Waals surface area contributed by atoms with Crippen molar-refractivity contribution in [3.05, 3.63) is 71.3 Å². The van der Waals surface area contributed by atoms with Crippen molar-refractivity contribution in [2.75, 3.05) is 0 Å². The highest BCUT2D eigenvalue weighted by molar-refractivity contribution is 5.97. The average molecular weight is 397 g/mol. The Bertz CT molecular complexity index is 837. The highest BCUT2D eigenvalue weighted by Crippen LogP contribution is 2.05. The summed E-state index contributed by atoms with van der Waals surface area (Å²) in [6.07, 6.45) is 1.19. The van der Waals surface area contributed by atoms with Crippen LogP contribution >= 0.6 is 0 Å². The zero-order chi connectivity index (χ0) is 21.2. The summed E-state index contributed by atoms with van der Waals surface area (Å²) in [5.41, 5.74) is 14.0. The molecule has 0 aromatic heterocycles. The summed E-state index contributed by atoms with van der Waals surface area (Å²) in [5, 5.41) is 17.0. The number of hydrogen-bond donors (Lipinski definition) is 5. The molecule has 0 aliphatic heterocycles. The second kappa shape index (κ2) is 10.8. The van der Waals surface area contributed by atoms with Gasteiger partial charge in [-0.2, -0.15) is 0 Å². The molecule has 2 atom stereocenters. The lowest BCUT2D eigenvalue weighted by Gasteiger charge is -2.17. The number of aryl methyl sites for hydroxylation is 1. The number of rotatable bonds is 9. The Balaban J connectivity index is 1.76. The van der Waals surface area contributed by atoms with Gasteiger partial charge in [0.15, 0.2) is 5.84 Å². The Kier molecular flexibility index (Phi) is 8.17. The van der Waals surface area contributed by atoms with E-state index in [0.29, 0.717) is 18.4 Å². The molecule has 154 valence electrons. The van der Waals surface area contributed by atoms with Crippen molar-refractivity contribution in [1.29, 1.82) is 0 Å². The maximum atomic E-state index is 12.2. The van der Waals surface area contributed by atoms with Crippen molar-refractivity contribution >= 4 is 17.6 Å². The molecule has 8 nitrogen and oxygen atoms in total. The highest BCUT2D eigenvalue weighted by atomic mass is 16.4. The summed E-state index contributed by atoms with van der Waals surface area (Å²) < 4.78 is 0. The van der Waals surface area contributed by atoms with Crippen molar-refractivity contribution < 1.29 is 14.8 Å². The SMILES string of the molecule is CC(NC(=O)C(N)CCc1ccccc1)C(=O)NCc1ccc(C(N)=NO)cc1. The Morgan fingerprint density at radius 1 is 1.03 bits per heavy atom. The first kappa shape index (κ1) is 21.9. The fraction of sp³-hybridized carbons (Fsp3) is 0.286. The minimum absolute atomic E-state index is 0.0144. The Hall–Kier alpha value is -3.39. The number of carbonyl (C=O) groups is 2. The summed E-state index contributed by atoms with van der Waals surface area (Å²) in [6, 6.07) is 15.3. The van der Waals surface area contributed by atoms with Crippen molar-refractivity contribution in [2.24, 2.45) is 16.6 Å². The van der Waals surface area contributed by atoms with Crippen LogP contribution in [0, 0.1) is 0 Å². The van der Waals surface area contributed by atoms with E-state index >= 15 is 0 Å². The fourth-order valence-electron chi connectivity index (χ4n) is 2.68. The van der Waals surface area contributed by atoms with E-state index in [-0.39, 0.29) is 24.2 Å². The van der Waals surface area contributed by atoms with Crippen LogP contribution in [-0.4, -0.2) is 34.9 Å². The molecule has 0 aliphatic carbocycles. The zero-order valence-corrected chi connectivity index (χ0v) is 16.3. The van der Waals surface area contributed by atoms with Crippen LogP contribution in [0.15, 0.2) is 59.8 Å². The number of nitrogens with two attached hydrogens (primary N) is 2. The number of carbonyl (C=O) groups excluding carboxylic acids is 2. The molecule has 2 unspecified atom stereocenters. The van der Waals surface area contributed by atoms with Gasteiger partial charge < -0.3 is 27.3 Å². The van der Waals surface area contributed by atoms with E-state index in [9.17, 15) is 9.59 Å². The molecule has 0 spiro atoms. The van der Waals surface area contributed by atoms with Gasteiger partial charge in [-0.25, -0.2) is 0 Å². The van der Waals surface area contributed by atoms with E-state index in [2.05, 4.69) is 15.8 Å². The number of benzene rings is 2. The van der Waals surface area contributed by atoms with E-state index in [0.717, 1.165) is 11.1 Å². The van der Waals surface area contributed by atoms with Crippen molar-refractivity contribution in [1.82, 2.24) is 10.6 Å². The molecule has 7 N–H and O–H groups in total. The molecule has 2 rings (SSSR count). The van der Waals surface area contributed by atoms with Gasteiger partial charge in [0, 0.05) is 12.1 Å². The Morgan fingerprint density at radius 2 is 1.69 bits per heavy atom. The van der Waals surface area contributed by atoms with Gasteiger partial charge in [-0.05, 0) is 30.9 Å². The topological polar surface area (TPSA) is 143 Å². The lowest BCUT2D eigenvalue weighted by atomic mass is 10.1. The van der Waals surface area contributed by atoms with Crippen molar-refractivity contribution in [3.8, 4) is 0 Å². The van der Waals surface area contributed by atoms with Crippen LogP contribution in [0.5, 0.6) is 0 Å². The molecule has 2 aromatic carbocycles. The maximum absolute atomic E-state index is 12.2. The van der Waals surface area contributed by atoms with Crippen molar-refractivity contribution in [3.63, 3.8) is 0 Å². The normalized spacial score (nSPS) is 13.4. The van der Waals surface area contributed by atoms with Crippen LogP contribution in [0.25, 0.3) is 0 Å². The van der Waals surface area contributed by atoms with Crippen LogP contribution in [-0.2, 0) is 22.6 Å². The molecule has 0 bridgehead atoms. The predicted octanol–water partition coefficient (Wildman–Crippen LogP) is 0.862. The van der Waals surface area contributed by atoms with E-state index in [4.69, 9.17) is 16.7 Å². The minimum atomic E-state index is -0.707. The highest BCUT2D eigenvalue weighted by Gasteiger charge is 2.19. The van der Waals surface area contributed by atoms with E-state index in [1.165, 1.54) is 0 Å². The molecule has 8 heteroatoms. The molecule has 29 heavy (non-hydrogen) atoms. The first-order valence-electron chi connectivity index (χ1n) is 9.35. The predicted molar refractivity (Wildman–Crippen MR) is 111 cm³/mol. The van der Waals surface area contributed by atoms with Crippen LogP contribution in [0.3, 0.4) is 0 Å². The van der Waals surface area contributed by atoms with E-state index < -0.39 is 12.1 Å². The minimum Gasteiger partial charge on any atom is -0.409 e. The van der Waals surface area contributed by atoms with E-state index in [1.54, 1.807) is 31.2 Å². The lowest BCUT2D eigenvalue weighted by molar-refractivity contribution is -0.129. The molecule has 0 saturated heterocycles. The fourth-order valence-corrected chi connectivity index (χ4v) is 2.68. The number of nitrogens with zero attached hydrogens (tertiary/aromatic N) is 1. The quantitative estimate of drug-likeness (QED) is 0.185. The largest absolute Gasteiger partial charge is 0.409 e. The van der Waals surface area contributed by atoms with Gasteiger partial charge >= 0.3 is 0 Å². The van der Waals surface area contributed by atoms with Gasteiger partial charge in [0.1, 0.15) is 6.04 Å².